The van der Waals surface area contributed by atoms with Crippen LogP contribution in [0.15, 0.2) is 54.7 Å². The molecular formula is C32H27F6N3O3. The molecule has 2 aromatic carbocycles. The predicted octanol–water partition coefficient (Wildman–Crippen LogP) is 6.42. The van der Waals surface area contributed by atoms with E-state index in [1.54, 1.807) is 12.1 Å². The molecule has 0 saturated carbocycles. The van der Waals surface area contributed by atoms with Crippen molar-refractivity contribution in [2.75, 3.05) is 0 Å². The molecule has 230 valence electrons. The fraction of sp³-hybridized carbons (Fsp3) is 0.312. The molecule has 2 heterocycles. The Kier molecular flexibility index (Phi) is 8.73. The topological polar surface area (TPSA) is 85.1 Å². The number of carbonyl (C=O) groups is 2. The fourth-order valence-corrected chi connectivity index (χ4v) is 5.75. The van der Waals surface area contributed by atoms with Gasteiger partial charge in [0, 0.05) is 47.8 Å². The standard InChI is InChI=1S/C32H27F6N3O3/c1-17(42)27-13-19(4-7-28(27)35)25-3-2-8-39-30(25)20(9-18-10-21(33)14-22(34)11-18)12-24(44)16-41-29-15-23(43)5-6-26(29)31(40-41)32(36,37)38/h2-4,7-8,10-11,13-14,20,23,43H,5-6,9,12,15-16H2,1H3/t20-,23?/m1/s1. The summed E-state index contributed by atoms with van der Waals surface area (Å²) in [5.41, 5.74) is 0.185. The number of Topliss-reactive ketones (excluding diaryl/α,β-unsaturated/α-hetero) is 2. The number of alkyl halides is 3. The van der Waals surface area contributed by atoms with Crippen molar-refractivity contribution < 1.29 is 41.0 Å². The molecule has 5 rings (SSSR count). The van der Waals surface area contributed by atoms with Crippen LogP contribution in [0.25, 0.3) is 11.1 Å². The fourth-order valence-electron chi connectivity index (χ4n) is 5.75. The number of fused-ring (bicyclic) bond motifs is 1. The van der Waals surface area contributed by atoms with Gasteiger partial charge in [-0.3, -0.25) is 19.3 Å². The number of aromatic nitrogens is 3. The van der Waals surface area contributed by atoms with E-state index < -0.39 is 59.5 Å². The van der Waals surface area contributed by atoms with E-state index in [9.17, 15) is 41.0 Å². The number of hydrogen-bond acceptors (Lipinski definition) is 5. The Morgan fingerprint density at radius 1 is 1.07 bits per heavy atom. The molecule has 2 aromatic heterocycles. The molecule has 44 heavy (non-hydrogen) atoms. The quantitative estimate of drug-likeness (QED) is 0.174. The van der Waals surface area contributed by atoms with Crippen molar-refractivity contribution in [2.45, 2.75) is 63.8 Å². The van der Waals surface area contributed by atoms with E-state index in [0.29, 0.717) is 22.9 Å². The van der Waals surface area contributed by atoms with Crippen molar-refractivity contribution in [2.24, 2.45) is 0 Å². The Morgan fingerprint density at radius 2 is 1.80 bits per heavy atom. The van der Waals surface area contributed by atoms with Gasteiger partial charge in [0.05, 0.1) is 23.9 Å². The minimum absolute atomic E-state index is 0.0372. The Balaban J connectivity index is 1.53. The van der Waals surface area contributed by atoms with Crippen molar-refractivity contribution in [3.8, 4) is 11.1 Å². The maximum absolute atomic E-state index is 14.3. The van der Waals surface area contributed by atoms with Crippen molar-refractivity contribution in [1.29, 1.82) is 0 Å². The Hall–Kier alpha value is -4.32. The molecule has 4 aromatic rings. The smallest absolute Gasteiger partial charge is 0.393 e. The lowest BCUT2D eigenvalue weighted by Gasteiger charge is -2.21. The molecule has 1 aliphatic carbocycles. The Bertz CT molecular complexity index is 1710. The molecule has 0 aliphatic heterocycles. The molecule has 6 nitrogen and oxygen atoms in total. The van der Waals surface area contributed by atoms with E-state index in [4.69, 9.17) is 0 Å². The molecule has 1 unspecified atom stereocenters. The van der Waals surface area contributed by atoms with Gasteiger partial charge in [-0.15, -0.1) is 0 Å². The van der Waals surface area contributed by atoms with Gasteiger partial charge in [-0.2, -0.15) is 18.3 Å². The van der Waals surface area contributed by atoms with Crippen LogP contribution in [0.1, 0.15) is 64.2 Å². The van der Waals surface area contributed by atoms with Crippen LogP contribution in [-0.2, 0) is 36.8 Å². The summed E-state index contributed by atoms with van der Waals surface area (Å²) in [5, 5.41) is 13.8. The molecule has 0 saturated heterocycles. The van der Waals surface area contributed by atoms with Crippen LogP contribution in [0.3, 0.4) is 0 Å². The summed E-state index contributed by atoms with van der Waals surface area (Å²) >= 11 is 0. The summed E-state index contributed by atoms with van der Waals surface area (Å²) in [5.74, 6) is -4.27. The monoisotopic (exact) mass is 615 g/mol. The molecule has 0 spiro atoms. The third kappa shape index (κ3) is 6.75. The van der Waals surface area contributed by atoms with Crippen LogP contribution < -0.4 is 0 Å². The summed E-state index contributed by atoms with van der Waals surface area (Å²) < 4.78 is 84.7. The van der Waals surface area contributed by atoms with Crippen molar-refractivity contribution in [1.82, 2.24) is 14.8 Å². The van der Waals surface area contributed by atoms with Gasteiger partial charge in [-0.1, -0.05) is 12.1 Å². The number of aliphatic hydroxyl groups excluding tert-OH is 1. The van der Waals surface area contributed by atoms with E-state index in [1.807, 2.05) is 0 Å². The van der Waals surface area contributed by atoms with Gasteiger partial charge in [-0.25, -0.2) is 13.2 Å². The SMILES string of the molecule is CC(=O)c1cc(-c2cccnc2[C@@H](CC(=O)Cn2nc(C(F)(F)F)c3c2CC(O)CC3)Cc2cc(F)cc(F)c2)ccc1F. The van der Waals surface area contributed by atoms with Crippen LogP contribution in [0.4, 0.5) is 26.3 Å². The minimum atomic E-state index is -4.75. The molecular weight excluding hydrogens is 588 g/mol. The van der Waals surface area contributed by atoms with Crippen molar-refractivity contribution in [3.63, 3.8) is 0 Å². The number of benzene rings is 2. The number of halogens is 6. The highest BCUT2D eigenvalue weighted by molar-refractivity contribution is 5.95. The first-order valence-corrected chi connectivity index (χ1v) is 13.9. The first-order chi connectivity index (χ1) is 20.8. The predicted molar refractivity (Wildman–Crippen MR) is 147 cm³/mol. The van der Waals surface area contributed by atoms with E-state index in [2.05, 4.69) is 10.1 Å². The summed E-state index contributed by atoms with van der Waals surface area (Å²) in [4.78, 5) is 30.0. The molecule has 1 N–H and O–H groups in total. The average Bonchev–Trinajstić information content (AvgIpc) is 3.30. The lowest BCUT2D eigenvalue weighted by molar-refractivity contribution is -0.142. The van der Waals surface area contributed by atoms with Gasteiger partial charge in [0.25, 0.3) is 0 Å². The van der Waals surface area contributed by atoms with Crippen LogP contribution >= 0.6 is 0 Å². The molecule has 12 heteroatoms. The zero-order chi connectivity index (χ0) is 31.8. The van der Waals surface area contributed by atoms with Crippen LogP contribution in [-0.4, -0.2) is 37.5 Å². The molecule has 0 amide bonds. The number of hydrogen-bond donors (Lipinski definition) is 1. The lowest BCUT2D eigenvalue weighted by atomic mass is 9.86. The van der Waals surface area contributed by atoms with Gasteiger partial charge in [0.15, 0.2) is 17.3 Å². The zero-order valence-corrected chi connectivity index (χ0v) is 23.5. The van der Waals surface area contributed by atoms with E-state index in [1.165, 1.54) is 25.3 Å². The maximum Gasteiger partial charge on any atom is 0.435 e. The highest BCUT2D eigenvalue weighted by atomic mass is 19.4. The van der Waals surface area contributed by atoms with Crippen LogP contribution in [0, 0.1) is 17.5 Å². The summed E-state index contributed by atoms with van der Waals surface area (Å²) in [6.07, 6.45) is -4.55. The number of aliphatic hydroxyl groups is 1. The largest absolute Gasteiger partial charge is 0.435 e. The average molecular weight is 616 g/mol. The Morgan fingerprint density at radius 3 is 2.48 bits per heavy atom. The highest BCUT2D eigenvalue weighted by Gasteiger charge is 2.40. The Labute approximate surface area is 248 Å². The second kappa shape index (κ2) is 12.4. The third-order valence-corrected chi connectivity index (χ3v) is 7.68. The van der Waals surface area contributed by atoms with Gasteiger partial charge >= 0.3 is 6.18 Å². The van der Waals surface area contributed by atoms with Crippen molar-refractivity contribution >= 4 is 11.6 Å². The number of ketones is 2. The zero-order valence-electron chi connectivity index (χ0n) is 23.5. The molecule has 0 fully saturated rings. The molecule has 0 radical (unpaired) electrons. The normalized spacial score (nSPS) is 15.6. The van der Waals surface area contributed by atoms with E-state index in [-0.39, 0.29) is 54.5 Å². The summed E-state index contributed by atoms with van der Waals surface area (Å²) in [6.45, 7) is 0.676. The minimum Gasteiger partial charge on any atom is -0.393 e. The maximum atomic E-state index is 14.3. The summed E-state index contributed by atoms with van der Waals surface area (Å²) in [7, 11) is 0. The number of pyridine rings is 1. The number of carbonyl (C=O) groups excluding carboxylic acids is 2. The van der Waals surface area contributed by atoms with Crippen LogP contribution in [0.5, 0.6) is 0 Å². The number of nitrogens with zero attached hydrogens (tertiary/aromatic N) is 3. The highest BCUT2D eigenvalue weighted by Crippen LogP contribution is 2.37. The third-order valence-electron chi connectivity index (χ3n) is 7.68. The van der Waals surface area contributed by atoms with Gasteiger partial charge in [0.1, 0.15) is 17.5 Å². The van der Waals surface area contributed by atoms with Crippen molar-refractivity contribution in [3.05, 3.63) is 106 Å². The van der Waals surface area contributed by atoms with E-state index in [0.717, 1.165) is 22.9 Å². The van der Waals surface area contributed by atoms with Gasteiger partial charge in [0.2, 0.25) is 0 Å². The second-order valence-electron chi connectivity index (χ2n) is 10.9. The van der Waals surface area contributed by atoms with Gasteiger partial charge in [-0.05, 0) is 67.6 Å². The van der Waals surface area contributed by atoms with Crippen LogP contribution in [0.2, 0.25) is 0 Å². The lowest BCUT2D eigenvalue weighted by Crippen LogP contribution is -2.24. The molecule has 1 aliphatic rings. The first kappa shape index (κ1) is 31.1. The summed E-state index contributed by atoms with van der Waals surface area (Å²) in [6, 6.07) is 10.1. The van der Waals surface area contributed by atoms with Gasteiger partial charge < -0.3 is 5.11 Å². The number of rotatable bonds is 9. The van der Waals surface area contributed by atoms with E-state index >= 15 is 0 Å². The molecule has 0 bridgehead atoms. The molecule has 2 atom stereocenters. The second-order valence-corrected chi connectivity index (χ2v) is 10.9. The first-order valence-electron chi connectivity index (χ1n) is 13.9.